The topological polar surface area (TPSA) is 54.0 Å². The number of carbonyl (C=O) groups is 1. The summed E-state index contributed by atoms with van der Waals surface area (Å²) < 4.78 is 0. The van der Waals surface area contributed by atoms with Crippen LogP contribution in [0.4, 0.5) is 10.5 Å². The largest absolute Gasteiger partial charge is 0.338 e. The first kappa shape index (κ1) is 9.51. The maximum absolute atomic E-state index is 11.1. The fraction of sp³-hybridized carbons (Fsp3) is 0.333. The van der Waals surface area contributed by atoms with Gasteiger partial charge in [-0.1, -0.05) is 0 Å². The molecule has 0 spiro atoms. The van der Waals surface area contributed by atoms with E-state index in [0.29, 0.717) is 6.54 Å². The normalized spacial score (nSPS) is 9.38. The summed E-state index contributed by atoms with van der Waals surface area (Å²) in [5.41, 5.74) is 1.56. The van der Waals surface area contributed by atoms with Gasteiger partial charge in [0.15, 0.2) is 0 Å². The Kier molecular flexibility index (Phi) is 3.25. The number of rotatable bonds is 2. The molecule has 0 fully saturated rings. The van der Waals surface area contributed by atoms with Crippen molar-refractivity contribution in [2.75, 3.05) is 11.9 Å². The zero-order chi connectivity index (χ0) is 9.68. The zero-order valence-electron chi connectivity index (χ0n) is 7.79. The van der Waals surface area contributed by atoms with Crippen molar-refractivity contribution in [1.82, 2.24) is 10.3 Å². The predicted octanol–water partition coefficient (Wildman–Crippen LogP) is 1.53. The van der Waals surface area contributed by atoms with Crippen molar-refractivity contribution in [2.24, 2.45) is 0 Å². The molecule has 0 bridgehead atoms. The van der Waals surface area contributed by atoms with Crippen LogP contribution in [0.3, 0.4) is 0 Å². The molecule has 1 aromatic rings. The van der Waals surface area contributed by atoms with Gasteiger partial charge in [-0.3, -0.25) is 4.98 Å². The van der Waals surface area contributed by atoms with E-state index in [4.69, 9.17) is 0 Å². The van der Waals surface area contributed by atoms with Crippen molar-refractivity contribution in [2.45, 2.75) is 13.8 Å². The fourth-order valence-electron chi connectivity index (χ4n) is 0.943. The van der Waals surface area contributed by atoms with Crippen LogP contribution in [0.5, 0.6) is 0 Å². The molecule has 0 atom stereocenters. The molecule has 2 amide bonds. The van der Waals surface area contributed by atoms with Crippen LogP contribution in [0.15, 0.2) is 18.3 Å². The number of carbonyl (C=O) groups excluding carboxylic acids is 1. The summed E-state index contributed by atoms with van der Waals surface area (Å²) >= 11 is 0. The van der Waals surface area contributed by atoms with Crippen molar-refractivity contribution >= 4 is 11.7 Å². The van der Waals surface area contributed by atoms with Crippen LogP contribution in [0, 0.1) is 6.92 Å². The second-order valence-electron chi connectivity index (χ2n) is 2.62. The van der Waals surface area contributed by atoms with Gasteiger partial charge in [0.25, 0.3) is 0 Å². The number of hydrogen-bond acceptors (Lipinski definition) is 2. The third-order valence-electron chi connectivity index (χ3n) is 1.59. The quantitative estimate of drug-likeness (QED) is 0.723. The lowest BCUT2D eigenvalue weighted by atomic mass is 10.3. The lowest BCUT2D eigenvalue weighted by Crippen LogP contribution is -2.28. The second kappa shape index (κ2) is 4.45. The highest BCUT2D eigenvalue weighted by molar-refractivity contribution is 5.89. The molecule has 4 nitrogen and oxygen atoms in total. The number of hydrogen-bond donors (Lipinski definition) is 2. The molecule has 0 radical (unpaired) electrons. The van der Waals surface area contributed by atoms with Gasteiger partial charge in [0.1, 0.15) is 0 Å². The highest BCUT2D eigenvalue weighted by atomic mass is 16.2. The first-order valence-corrected chi connectivity index (χ1v) is 4.20. The lowest BCUT2D eigenvalue weighted by Gasteiger charge is -2.06. The summed E-state index contributed by atoms with van der Waals surface area (Å²) in [6, 6.07) is 3.41. The number of nitrogens with one attached hydrogen (secondary N) is 2. The van der Waals surface area contributed by atoms with Gasteiger partial charge in [-0.25, -0.2) is 4.79 Å². The predicted molar refractivity (Wildman–Crippen MR) is 51.7 cm³/mol. The Bertz CT molecular complexity index is 299. The molecule has 13 heavy (non-hydrogen) atoms. The fourth-order valence-corrected chi connectivity index (χ4v) is 0.943. The number of anilines is 1. The molecule has 1 rings (SSSR count). The summed E-state index contributed by atoms with van der Waals surface area (Å²) in [6.07, 6.45) is 1.69. The molecule has 0 aliphatic heterocycles. The van der Waals surface area contributed by atoms with Crippen molar-refractivity contribution in [1.29, 1.82) is 0 Å². The number of aryl methyl sites for hydroxylation is 1. The molecule has 0 aliphatic rings. The highest BCUT2D eigenvalue weighted by Crippen LogP contribution is 2.09. The first-order chi connectivity index (χ1) is 6.24. The Morgan fingerprint density at radius 3 is 3.00 bits per heavy atom. The standard InChI is InChI=1S/C9H13N3O/c1-3-10-9(13)12-8-5-4-6-11-7(8)2/h4-6H,3H2,1-2H3,(H2,10,12,13). The van der Waals surface area contributed by atoms with E-state index in [1.54, 1.807) is 12.3 Å². The van der Waals surface area contributed by atoms with E-state index in [0.717, 1.165) is 11.4 Å². The van der Waals surface area contributed by atoms with Crippen LogP contribution in [0.25, 0.3) is 0 Å². The van der Waals surface area contributed by atoms with Crippen molar-refractivity contribution < 1.29 is 4.79 Å². The van der Waals surface area contributed by atoms with Crippen LogP contribution < -0.4 is 10.6 Å². The number of amides is 2. The minimum atomic E-state index is -0.196. The molecule has 4 heteroatoms. The average molecular weight is 179 g/mol. The van der Waals surface area contributed by atoms with E-state index in [-0.39, 0.29) is 6.03 Å². The maximum atomic E-state index is 11.1. The van der Waals surface area contributed by atoms with Gasteiger partial charge in [-0.2, -0.15) is 0 Å². The lowest BCUT2D eigenvalue weighted by molar-refractivity contribution is 0.252. The minimum Gasteiger partial charge on any atom is -0.338 e. The summed E-state index contributed by atoms with van der Waals surface area (Å²) in [4.78, 5) is 15.2. The summed E-state index contributed by atoms with van der Waals surface area (Å²) in [5, 5.41) is 5.34. The minimum absolute atomic E-state index is 0.196. The van der Waals surface area contributed by atoms with E-state index in [2.05, 4.69) is 15.6 Å². The SMILES string of the molecule is CCNC(=O)Nc1cccnc1C. The van der Waals surface area contributed by atoms with E-state index in [9.17, 15) is 4.79 Å². The van der Waals surface area contributed by atoms with Crippen molar-refractivity contribution in [3.8, 4) is 0 Å². The van der Waals surface area contributed by atoms with Gasteiger partial charge in [0, 0.05) is 12.7 Å². The molecule has 0 saturated heterocycles. The molecule has 70 valence electrons. The van der Waals surface area contributed by atoms with Crippen LogP contribution in [0.1, 0.15) is 12.6 Å². The monoisotopic (exact) mass is 179 g/mol. The number of pyridine rings is 1. The Morgan fingerprint density at radius 2 is 2.38 bits per heavy atom. The molecule has 0 saturated carbocycles. The van der Waals surface area contributed by atoms with Gasteiger partial charge in [-0.15, -0.1) is 0 Å². The van der Waals surface area contributed by atoms with Gasteiger partial charge in [-0.05, 0) is 26.0 Å². The molecular formula is C9H13N3O. The van der Waals surface area contributed by atoms with Crippen LogP contribution in [0.2, 0.25) is 0 Å². The number of nitrogens with zero attached hydrogens (tertiary/aromatic N) is 1. The van der Waals surface area contributed by atoms with Gasteiger partial charge in [0.05, 0.1) is 11.4 Å². The first-order valence-electron chi connectivity index (χ1n) is 4.20. The van der Waals surface area contributed by atoms with Gasteiger partial charge >= 0.3 is 6.03 Å². The number of urea groups is 1. The van der Waals surface area contributed by atoms with Crippen LogP contribution >= 0.6 is 0 Å². The molecular weight excluding hydrogens is 166 g/mol. The molecule has 0 aliphatic carbocycles. The van der Waals surface area contributed by atoms with Crippen LogP contribution in [-0.2, 0) is 0 Å². The smallest absolute Gasteiger partial charge is 0.319 e. The van der Waals surface area contributed by atoms with Crippen molar-refractivity contribution in [3.05, 3.63) is 24.0 Å². The van der Waals surface area contributed by atoms with E-state index >= 15 is 0 Å². The van der Waals surface area contributed by atoms with E-state index < -0.39 is 0 Å². The Morgan fingerprint density at radius 1 is 1.62 bits per heavy atom. The summed E-state index contributed by atoms with van der Waals surface area (Å²) in [6.45, 7) is 4.34. The zero-order valence-corrected chi connectivity index (χ0v) is 7.79. The third-order valence-corrected chi connectivity index (χ3v) is 1.59. The van der Waals surface area contributed by atoms with E-state index in [1.165, 1.54) is 0 Å². The average Bonchev–Trinajstić information content (AvgIpc) is 2.09. The maximum Gasteiger partial charge on any atom is 0.319 e. The van der Waals surface area contributed by atoms with Crippen molar-refractivity contribution in [3.63, 3.8) is 0 Å². The summed E-state index contributed by atoms with van der Waals surface area (Å²) in [7, 11) is 0. The Balaban J connectivity index is 2.63. The van der Waals surface area contributed by atoms with Gasteiger partial charge in [0.2, 0.25) is 0 Å². The molecule has 1 heterocycles. The number of aromatic nitrogens is 1. The molecule has 0 aromatic carbocycles. The highest BCUT2D eigenvalue weighted by Gasteiger charge is 2.01. The summed E-state index contributed by atoms with van der Waals surface area (Å²) in [5.74, 6) is 0. The Labute approximate surface area is 77.4 Å². The van der Waals surface area contributed by atoms with E-state index in [1.807, 2.05) is 19.9 Å². The van der Waals surface area contributed by atoms with Crippen LogP contribution in [-0.4, -0.2) is 17.6 Å². The third kappa shape index (κ3) is 2.74. The molecule has 2 N–H and O–H groups in total. The van der Waals surface area contributed by atoms with Gasteiger partial charge < -0.3 is 10.6 Å². The second-order valence-corrected chi connectivity index (χ2v) is 2.62. The molecule has 1 aromatic heterocycles. The Hall–Kier alpha value is -1.58. The molecule has 0 unspecified atom stereocenters.